The molecular formula is C22H22N9O7S2+. The molecule has 16 nitrogen and oxygen atoms in total. The minimum atomic E-state index is -1.56. The zero-order valence-corrected chi connectivity index (χ0v) is 22.8. The van der Waals surface area contributed by atoms with Crippen LogP contribution in [0.5, 0.6) is 0 Å². The first kappa shape index (κ1) is 27.0. The molecule has 1 saturated heterocycles. The van der Waals surface area contributed by atoms with Gasteiger partial charge in [0.15, 0.2) is 10.8 Å². The maximum Gasteiger partial charge on any atom is 0.425 e. The number of fused-ring (bicyclic) bond motifs is 2. The SMILES string of the molecule is Cc1ccn2nc(C(=O)O)nc2[n+]1CC1=C(C(=O)O)N2C(=O)[C@@](C)(NC(=O)/C(=N\O)c3csc(N)n3)[C@@]2(C)SC1. The number of nitrogen functional groups attached to an aromatic ring is 1. The molecule has 6 N–H and O–H groups in total. The number of thioether (sulfide) groups is 1. The Kier molecular flexibility index (Phi) is 6.25. The summed E-state index contributed by atoms with van der Waals surface area (Å²) in [5, 5.41) is 40.0. The van der Waals surface area contributed by atoms with Crippen molar-refractivity contribution < 1.29 is 39.2 Å². The Morgan fingerprint density at radius 2 is 1.98 bits per heavy atom. The van der Waals surface area contributed by atoms with Crippen LogP contribution in [0.4, 0.5) is 5.13 Å². The van der Waals surface area contributed by atoms with Crippen LogP contribution in [0.15, 0.2) is 34.1 Å². The van der Waals surface area contributed by atoms with Crippen molar-refractivity contribution in [2.45, 2.75) is 37.7 Å². The fourth-order valence-corrected chi connectivity index (χ4v) is 6.66. The lowest BCUT2D eigenvalue weighted by Gasteiger charge is -2.63. The molecule has 0 aliphatic carbocycles. The standard InChI is InChI=1S/C22H21N9O7S2/c1-9-4-5-30-20(25-14(27-30)17(35)36)29(9)6-10-7-40-22(3)21(2,18(37)31(22)13(10)16(33)34)26-15(32)12(28-38)11-8-39-19(23)24-11/h4-5,8H,6-7H2,1-3H3,(H5-,23,24,26,32,33,34,35,36,38)/p+1/t21-,22-/m1/s1. The molecule has 208 valence electrons. The van der Waals surface area contributed by atoms with Gasteiger partial charge in [-0.25, -0.2) is 19.1 Å². The number of carboxylic acids is 2. The van der Waals surface area contributed by atoms with Crippen molar-refractivity contribution in [1.82, 2.24) is 29.8 Å². The van der Waals surface area contributed by atoms with Crippen molar-refractivity contribution in [3.8, 4) is 0 Å². The third-order valence-electron chi connectivity index (χ3n) is 6.99. The average Bonchev–Trinajstić information content (AvgIpc) is 3.53. The molecule has 2 aliphatic rings. The normalized spacial score (nSPS) is 22.7. The third kappa shape index (κ3) is 3.86. The molecule has 0 aromatic carbocycles. The first-order valence-corrected chi connectivity index (χ1v) is 13.4. The maximum atomic E-state index is 13.5. The van der Waals surface area contributed by atoms with Crippen LogP contribution >= 0.6 is 23.1 Å². The van der Waals surface area contributed by atoms with Gasteiger partial charge in [-0.05, 0) is 25.8 Å². The average molecular weight is 589 g/mol. The van der Waals surface area contributed by atoms with Gasteiger partial charge in [0.25, 0.3) is 11.8 Å². The topological polar surface area (TPSA) is 230 Å². The van der Waals surface area contributed by atoms with Gasteiger partial charge in [0.2, 0.25) is 0 Å². The molecule has 0 saturated carbocycles. The van der Waals surface area contributed by atoms with Crippen LogP contribution in [-0.4, -0.2) is 85.5 Å². The number of nitrogens with zero attached hydrogens (tertiary/aromatic N) is 7. The molecule has 2 amide bonds. The number of thiazole rings is 1. The smallest absolute Gasteiger partial charge is 0.425 e. The first-order valence-electron chi connectivity index (χ1n) is 11.5. The highest BCUT2D eigenvalue weighted by molar-refractivity contribution is 8.01. The van der Waals surface area contributed by atoms with Gasteiger partial charge in [-0.15, -0.1) is 27.6 Å². The highest BCUT2D eigenvalue weighted by Gasteiger charge is 2.70. The van der Waals surface area contributed by atoms with Gasteiger partial charge in [-0.2, -0.15) is 0 Å². The zero-order chi connectivity index (χ0) is 29.1. The van der Waals surface area contributed by atoms with E-state index in [0.29, 0.717) is 11.3 Å². The Bertz CT molecular complexity index is 1700. The van der Waals surface area contributed by atoms with E-state index < -0.39 is 45.7 Å². The van der Waals surface area contributed by atoms with E-state index in [1.54, 1.807) is 24.5 Å². The van der Waals surface area contributed by atoms with Crippen LogP contribution in [0.3, 0.4) is 0 Å². The number of β-lactam (4-membered cyclic amide) rings is 1. The maximum absolute atomic E-state index is 13.5. The second-order valence-corrected chi connectivity index (χ2v) is 11.6. The van der Waals surface area contributed by atoms with E-state index in [0.717, 1.165) is 16.2 Å². The summed E-state index contributed by atoms with van der Waals surface area (Å²) in [7, 11) is 0. The number of oxime groups is 1. The van der Waals surface area contributed by atoms with Crippen LogP contribution in [0.2, 0.25) is 0 Å². The Hall–Kier alpha value is -4.58. The number of aryl methyl sites for hydroxylation is 1. The predicted molar refractivity (Wildman–Crippen MR) is 139 cm³/mol. The second kappa shape index (κ2) is 9.26. The minimum Gasteiger partial charge on any atom is -0.477 e. The monoisotopic (exact) mass is 588 g/mol. The van der Waals surface area contributed by atoms with E-state index in [1.165, 1.54) is 34.8 Å². The molecule has 2 atom stereocenters. The van der Waals surface area contributed by atoms with Gasteiger partial charge in [-0.3, -0.25) is 14.5 Å². The van der Waals surface area contributed by atoms with E-state index in [4.69, 9.17) is 5.73 Å². The molecular weight excluding hydrogens is 566 g/mol. The van der Waals surface area contributed by atoms with Gasteiger partial charge >= 0.3 is 23.5 Å². The van der Waals surface area contributed by atoms with Gasteiger partial charge in [0.05, 0.1) is 18.4 Å². The number of nitrogens with one attached hydrogen (secondary N) is 1. The highest BCUT2D eigenvalue weighted by Crippen LogP contribution is 2.54. The third-order valence-corrected chi connectivity index (χ3v) is 9.31. The number of hydrogen-bond acceptors (Lipinski definition) is 12. The summed E-state index contributed by atoms with van der Waals surface area (Å²) >= 11 is 2.27. The highest BCUT2D eigenvalue weighted by atomic mass is 32.2. The second-order valence-electron chi connectivity index (χ2n) is 9.30. The number of aromatic nitrogens is 5. The minimum absolute atomic E-state index is 0.0158. The number of carbonyl (C=O) groups excluding carboxylic acids is 2. The van der Waals surface area contributed by atoms with Crippen molar-refractivity contribution in [2.75, 3.05) is 11.5 Å². The molecule has 2 aliphatic heterocycles. The number of aliphatic carboxylic acids is 1. The van der Waals surface area contributed by atoms with Gasteiger partial charge < -0.3 is 26.5 Å². The van der Waals surface area contributed by atoms with Crippen LogP contribution in [0, 0.1) is 6.92 Å². The summed E-state index contributed by atoms with van der Waals surface area (Å²) in [6.45, 7) is 4.83. The lowest BCUT2D eigenvalue weighted by atomic mass is 9.78. The van der Waals surface area contributed by atoms with E-state index in [2.05, 4.69) is 25.5 Å². The van der Waals surface area contributed by atoms with Crippen LogP contribution < -0.4 is 15.6 Å². The summed E-state index contributed by atoms with van der Waals surface area (Å²) in [4.78, 5) is 58.4. The van der Waals surface area contributed by atoms with Crippen molar-refractivity contribution >= 4 is 63.5 Å². The van der Waals surface area contributed by atoms with E-state index >= 15 is 0 Å². The Labute approximate surface area is 232 Å². The Morgan fingerprint density at radius 3 is 2.58 bits per heavy atom. The summed E-state index contributed by atoms with van der Waals surface area (Å²) in [6.07, 6.45) is 1.54. The molecule has 3 aromatic heterocycles. The lowest BCUT2D eigenvalue weighted by Crippen LogP contribution is -2.85. The van der Waals surface area contributed by atoms with Crippen LogP contribution in [0.1, 0.15) is 35.9 Å². The van der Waals surface area contributed by atoms with Crippen LogP contribution in [0.25, 0.3) is 5.78 Å². The van der Waals surface area contributed by atoms with E-state index in [1.807, 2.05) is 0 Å². The summed E-state index contributed by atoms with van der Waals surface area (Å²) in [5.41, 5.74) is 4.38. The van der Waals surface area contributed by atoms with Gasteiger partial charge in [-0.1, -0.05) is 10.3 Å². The molecule has 0 radical (unpaired) electrons. The van der Waals surface area contributed by atoms with Crippen molar-refractivity contribution in [1.29, 1.82) is 0 Å². The lowest BCUT2D eigenvalue weighted by molar-refractivity contribution is -0.674. The fraction of sp³-hybridized carbons (Fsp3) is 0.318. The number of carbonyl (C=O) groups is 4. The number of amides is 2. The van der Waals surface area contributed by atoms with E-state index in [9.17, 15) is 34.6 Å². The molecule has 1 fully saturated rings. The number of hydrogen-bond donors (Lipinski definition) is 5. The Morgan fingerprint density at radius 1 is 1.25 bits per heavy atom. The number of aromatic carboxylic acids is 1. The van der Waals surface area contributed by atoms with Gasteiger partial charge in [0.1, 0.15) is 21.8 Å². The van der Waals surface area contributed by atoms with Crippen molar-refractivity contribution in [3.05, 3.63) is 46.1 Å². The number of nitrogens with two attached hydrogens (primary N) is 1. The predicted octanol–water partition coefficient (Wildman–Crippen LogP) is -0.541. The molecule has 18 heteroatoms. The molecule has 0 spiro atoms. The zero-order valence-electron chi connectivity index (χ0n) is 21.1. The summed E-state index contributed by atoms with van der Waals surface area (Å²) in [6, 6.07) is 1.67. The fourth-order valence-electron chi connectivity index (χ4n) is 4.70. The largest absolute Gasteiger partial charge is 0.477 e. The molecule has 5 rings (SSSR count). The quantitative estimate of drug-likeness (QED) is 0.0770. The van der Waals surface area contributed by atoms with E-state index in [-0.39, 0.29) is 34.6 Å². The van der Waals surface area contributed by atoms with Crippen molar-refractivity contribution in [3.63, 3.8) is 0 Å². The summed E-state index contributed by atoms with van der Waals surface area (Å²) in [5.74, 6) is -4.33. The number of anilines is 1. The molecule has 3 aromatic rings. The molecule has 40 heavy (non-hydrogen) atoms. The first-order chi connectivity index (χ1) is 18.8. The van der Waals surface area contributed by atoms with Crippen molar-refractivity contribution in [2.24, 2.45) is 5.16 Å². The number of carboxylic acid groups (broad SMARTS) is 2. The Balaban J connectivity index is 1.49. The molecule has 5 heterocycles. The number of rotatable bonds is 7. The summed E-state index contributed by atoms with van der Waals surface area (Å²) < 4.78 is 2.88. The van der Waals surface area contributed by atoms with Crippen LogP contribution in [-0.2, 0) is 20.9 Å². The molecule has 0 unspecified atom stereocenters. The van der Waals surface area contributed by atoms with Gasteiger partial charge in [0, 0.05) is 22.8 Å². The molecule has 0 bridgehead atoms.